The van der Waals surface area contributed by atoms with Crippen LogP contribution in [-0.4, -0.2) is 33.3 Å². The fourth-order valence-corrected chi connectivity index (χ4v) is 3.01. The Labute approximate surface area is 145 Å². The number of aromatic nitrogens is 3. The van der Waals surface area contributed by atoms with Gasteiger partial charge in [-0.15, -0.1) is 0 Å². The minimum Gasteiger partial charge on any atom is -0.488 e. The number of para-hydroxylation sites is 1. The van der Waals surface area contributed by atoms with Gasteiger partial charge in [0.15, 0.2) is 0 Å². The summed E-state index contributed by atoms with van der Waals surface area (Å²) < 4.78 is 7.53. The molecule has 6 nitrogen and oxygen atoms in total. The Morgan fingerprint density at radius 1 is 1.16 bits per heavy atom. The van der Waals surface area contributed by atoms with Crippen molar-refractivity contribution in [2.75, 3.05) is 6.54 Å². The first-order valence-electron chi connectivity index (χ1n) is 8.23. The number of carbonyl (C=O) groups excluding carboxylic acids is 1. The van der Waals surface area contributed by atoms with Gasteiger partial charge >= 0.3 is 0 Å². The monoisotopic (exact) mass is 334 g/mol. The van der Waals surface area contributed by atoms with E-state index in [-0.39, 0.29) is 18.6 Å². The molecule has 0 radical (unpaired) electrons. The van der Waals surface area contributed by atoms with E-state index in [2.05, 4.69) is 21.5 Å². The molecule has 1 aliphatic rings. The van der Waals surface area contributed by atoms with Crippen molar-refractivity contribution in [1.29, 1.82) is 0 Å². The topological polar surface area (TPSA) is 69.0 Å². The number of rotatable bonds is 5. The average Bonchev–Trinajstić information content (AvgIpc) is 3.27. The molecule has 126 valence electrons. The summed E-state index contributed by atoms with van der Waals surface area (Å²) in [6.45, 7) is 0.656. The van der Waals surface area contributed by atoms with Crippen LogP contribution < -0.4 is 10.1 Å². The predicted molar refractivity (Wildman–Crippen MR) is 93.0 cm³/mol. The van der Waals surface area contributed by atoms with Crippen molar-refractivity contribution in [3.05, 3.63) is 66.6 Å². The lowest BCUT2D eigenvalue weighted by Gasteiger charge is -2.13. The number of ether oxygens (including phenoxy) is 1. The number of hydrogen-bond donors (Lipinski definition) is 1. The molecule has 3 aromatic rings. The van der Waals surface area contributed by atoms with Gasteiger partial charge in [-0.1, -0.05) is 18.2 Å². The molecule has 0 saturated heterocycles. The van der Waals surface area contributed by atoms with Crippen LogP contribution in [0.3, 0.4) is 0 Å². The summed E-state index contributed by atoms with van der Waals surface area (Å²) in [6.07, 6.45) is 5.95. The molecule has 6 heteroatoms. The molecule has 1 aromatic carbocycles. The number of pyridine rings is 1. The van der Waals surface area contributed by atoms with E-state index in [1.54, 1.807) is 23.3 Å². The average molecular weight is 334 g/mol. The minimum absolute atomic E-state index is 0.0151. The first-order chi connectivity index (χ1) is 12.3. The number of nitrogens with one attached hydrogen (secondary N) is 1. The van der Waals surface area contributed by atoms with Gasteiger partial charge in [0.05, 0.1) is 12.2 Å². The maximum Gasteiger partial charge on any atom is 0.241 e. The molecule has 2 aromatic heterocycles. The maximum atomic E-state index is 12.3. The smallest absolute Gasteiger partial charge is 0.241 e. The van der Waals surface area contributed by atoms with Crippen molar-refractivity contribution in [3.8, 4) is 17.0 Å². The molecule has 25 heavy (non-hydrogen) atoms. The highest BCUT2D eigenvalue weighted by Crippen LogP contribution is 2.27. The Bertz CT molecular complexity index is 851. The zero-order chi connectivity index (χ0) is 17.1. The second kappa shape index (κ2) is 6.76. The van der Waals surface area contributed by atoms with Crippen LogP contribution >= 0.6 is 0 Å². The first kappa shape index (κ1) is 15.4. The molecule has 0 saturated carbocycles. The molecular formula is C19H18N4O2. The lowest BCUT2D eigenvalue weighted by Crippen LogP contribution is -2.36. The lowest BCUT2D eigenvalue weighted by molar-refractivity contribution is -0.122. The van der Waals surface area contributed by atoms with Crippen molar-refractivity contribution < 1.29 is 9.53 Å². The molecule has 0 fully saturated rings. The molecule has 0 spiro atoms. The number of carbonyl (C=O) groups is 1. The van der Waals surface area contributed by atoms with Crippen molar-refractivity contribution in [2.24, 2.45) is 0 Å². The zero-order valence-corrected chi connectivity index (χ0v) is 13.6. The van der Waals surface area contributed by atoms with Gasteiger partial charge < -0.3 is 10.1 Å². The van der Waals surface area contributed by atoms with Crippen LogP contribution in [0.1, 0.15) is 5.56 Å². The molecule has 3 heterocycles. The number of nitrogens with zero attached hydrogens (tertiary/aromatic N) is 3. The van der Waals surface area contributed by atoms with E-state index in [1.165, 1.54) is 5.56 Å². The standard InChI is InChI=1S/C19H18N4O2/c24-19(21-12-16-11-15-3-1-2-4-18(15)25-16)13-23-17(7-10-22-23)14-5-8-20-9-6-14/h1-10,16H,11-13H2,(H,21,24)/t16-/m1/s1. The third-order valence-corrected chi connectivity index (χ3v) is 4.23. The third-order valence-electron chi connectivity index (χ3n) is 4.23. The second-order valence-corrected chi connectivity index (χ2v) is 5.97. The number of fused-ring (bicyclic) bond motifs is 1. The Morgan fingerprint density at radius 3 is 2.84 bits per heavy atom. The molecule has 0 bridgehead atoms. The van der Waals surface area contributed by atoms with Gasteiger partial charge in [-0.25, -0.2) is 0 Å². The molecule has 1 atom stereocenters. The summed E-state index contributed by atoms with van der Waals surface area (Å²) in [4.78, 5) is 16.3. The van der Waals surface area contributed by atoms with Crippen LogP contribution in [0.2, 0.25) is 0 Å². The molecule has 4 rings (SSSR count). The lowest BCUT2D eigenvalue weighted by atomic mass is 10.1. The normalized spacial score (nSPS) is 15.4. The van der Waals surface area contributed by atoms with E-state index in [4.69, 9.17) is 4.74 Å². The summed E-state index contributed by atoms with van der Waals surface area (Å²) in [5, 5.41) is 7.19. The van der Waals surface area contributed by atoms with Crippen LogP contribution in [-0.2, 0) is 17.8 Å². The fraction of sp³-hybridized carbons (Fsp3) is 0.211. The van der Waals surface area contributed by atoms with Crippen molar-refractivity contribution in [3.63, 3.8) is 0 Å². The SMILES string of the molecule is O=C(Cn1nccc1-c1ccncc1)NC[C@H]1Cc2ccccc2O1. The van der Waals surface area contributed by atoms with Crippen molar-refractivity contribution in [1.82, 2.24) is 20.1 Å². The number of hydrogen-bond acceptors (Lipinski definition) is 4. The van der Waals surface area contributed by atoms with Crippen LogP contribution in [0.25, 0.3) is 11.3 Å². The highest BCUT2D eigenvalue weighted by Gasteiger charge is 2.22. The van der Waals surface area contributed by atoms with E-state index in [0.717, 1.165) is 23.4 Å². The molecule has 1 N–H and O–H groups in total. The van der Waals surface area contributed by atoms with Gasteiger partial charge in [-0.2, -0.15) is 5.10 Å². The van der Waals surface area contributed by atoms with E-state index < -0.39 is 0 Å². The highest BCUT2D eigenvalue weighted by molar-refractivity contribution is 5.76. The summed E-state index contributed by atoms with van der Waals surface area (Å²) in [7, 11) is 0. The van der Waals surface area contributed by atoms with Crippen molar-refractivity contribution >= 4 is 5.91 Å². The number of amides is 1. The fourth-order valence-electron chi connectivity index (χ4n) is 3.01. The molecular weight excluding hydrogens is 316 g/mol. The Balaban J connectivity index is 1.34. The van der Waals surface area contributed by atoms with Crippen LogP contribution in [0.4, 0.5) is 0 Å². The van der Waals surface area contributed by atoms with Gasteiger partial charge in [0.25, 0.3) is 0 Å². The van der Waals surface area contributed by atoms with Crippen LogP contribution in [0, 0.1) is 0 Å². The van der Waals surface area contributed by atoms with E-state index >= 15 is 0 Å². The van der Waals surface area contributed by atoms with Gasteiger partial charge in [0, 0.05) is 30.6 Å². The van der Waals surface area contributed by atoms with E-state index in [0.29, 0.717) is 6.54 Å². The quantitative estimate of drug-likeness (QED) is 0.775. The second-order valence-electron chi connectivity index (χ2n) is 5.97. The van der Waals surface area contributed by atoms with Gasteiger partial charge in [-0.05, 0) is 29.8 Å². The first-order valence-corrected chi connectivity index (χ1v) is 8.23. The Morgan fingerprint density at radius 2 is 2.00 bits per heavy atom. The van der Waals surface area contributed by atoms with E-state index in [1.807, 2.05) is 36.4 Å². The van der Waals surface area contributed by atoms with Gasteiger partial charge in [0.2, 0.25) is 5.91 Å². The van der Waals surface area contributed by atoms with Crippen LogP contribution in [0.5, 0.6) is 5.75 Å². The molecule has 0 aliphatic carbocycles. The third kappa shape index (κ3) is 3.38. The molecule has 1 amide bonds. The summed E-state index contributed by atoms with van der Waals surface area (Å²) >= 11 is 0. The largest absolute Gasteiger partial charge is 0.488 e. The Kier molecular flexibility index (Phi) is 4.16. The van der Waals surface area contributed by atoms with Crippen LogP contribution in [0.15, 0.2) is 61.1 Å². The Hall–Kier alpha value is -3.15. The zero-order valence-electron chi connectivity index (χ0n) is 13.6. The van der Waals surface area contributed by atoms with Gasteiger partial charge in [-0.3, -0.25) is 14.5 Å². The molecule has 0 unspecified atom stereocenters. The summed E-state index contributed by atoms with van der Waals surface area (Å²) in [5.41, 5.74) is 3.06. The summed E-state index contributed by atoms with van der Waals surface area (Å²) in [5.74, 6) is 0.826. The van der Waals surface area contributed by atoms with E-state index in [9.17, 15) is 4.79 Å². The minimum atomic E-state index is -0.0847. The number of benzene rings is 1. The predicted octanol–water partition coefficient (Wildman–Crippen LogP) is 2.06. The summed E-state index contributed by atoms with van der Waals surface area (Å²) in [6, 6.07) is 13.7. The maximum absolute atomic E-state index is 12.3. The highest BCUT2D eigenvalue weighted by atomic mass is 16.5. The van der Waals surface area contributed by atoms with Gasteiger partial charge in [0.1, 0.15) is 18.4 Å². The molecule has 1 aliphatic heterocycles. The van der Waals surface area contributed by atoms with Crippen molar-refractivity contribution in [2.45, 2.75) is 19.1 Å².